The van der Waals surface area contributed by atoms with Crippen LogP contribution in [0, 0.1) is 0 Å². The number of hydrogen-bond acceptors (Lipinski definition) is 4. The summed E-state index contributed by atoms with van der Waals surface area (Å²) in [5.74, 6) is -0.574. The fourth-order valence-electron chi connectivity index (χ4n) is 4.04. The van der Waals surface area contributed by atoms with E-state index < -0.39 is 11.5 Å². The zero-order chi connectivity index (χ0) is 22.1. The van der Waals surface area contributed by atoms with Gasteiger partial charge in [0.25, 0.3) is 11.8 Å². The van der Waals surface area contributed by atoms with Gasteiger partial charge < -0.3 is 14.6 Å². The first-order chi connectivity index (χ1) is 15.6. The number of fused-ring (bicyclic) bond motifs is 2. The normalized spacial score (nSPS) is 12.9. The van der Waals surface area contributed by atoms with Crippen LogP contribution in [0.25, 0.3) is 11.0 Å². The molecule has 3 aromatic carbocycles. The molecule has 0 radical (unpaired) electrons. The molecule has 4 aromatic rings. The molecular formula is C26H20N2O4. The number of carbonyl (C=O) groups is 2. The first kappa shape index (κ1) is 19.8. The molecule has 2 heterocycles. The summed E-state index contributed by atoms with van der Waals surface area (Å²) in [4.78, 5) is 39.8. The highest BCUT2D eigenvalue weighted by Gasteiger charge is 2.24. The van der Waals surface area contributed by atoms with Gasteiger partial charge in [0.05, 0.1) is 0 Å². The first-order valence-corrected chi connectivity index (χ1v) is 10.4. The molecule has 2 amide bonds. The van der Waals surface area contributed by atoms with Crippen molar-refractivity contribution in [1.29, 1.82) is 0 Å². The van der Waals surface area contributed by atoms with E-state index in [0.717, 1.165) is 24.1 Å². The van der Waals surface area contributed by atoms with Crippen molar-refractivity contribution in [2.24, 2.45) is 0 Å². The monoisotopic (exact) mass is 424 g/mol. The van der Waals surface area contributed by atoms with Crippen LogP contribution in [0.4, 0.5) is 11.4 Å². The lowest BCUT2D eigenvalue weighted by molar-refractivity contribution is 0.0983. The molecule has 0 bridgehead atoms. The van der Waals surface area contributed by atoms with E-state index in [-0.39, 0.29) is 11.5 Å². The van der Waals surface area contributed by atoms with Gasteiger partial charge in [0.2, 0.25) is 0 Å². The Kier molecular flexibility index (Phi) is 5.03. The van der Waals surface area contributed by atoms with Crippen molar-refractivity contribution in [2.75, 3.05) is 16.8 Å². The highest BCUT2D eigenvalue weighted by Crippen LogP contribution is 2.31. The van der Waals surface area contributed by atoms with Crippen LogP contribution in [0.1, 0.15) is 32.7 Å². The van der Waals surface area contributed by atoms with Crippen molar-refractivity contribution in [3.05, 3.63) is 106 Å². The summed E-state index contributed by atoms with van der Waals surface area (Å²) in [5, 5.41) is 3.47. The predicted octanol–water partition coefficient (Wildman–Crippen LogP) is 4.64. The summed E-state index contributed by atoms with van der Waals surface area (Å²) in [6, 6.07) is 23.2. The number of carbonyl (C=O) groups excluding carboxylic acids is 2. The maximum Gasteiger partial charge on any atom is 0.349 e. The van der Waals surface area contributed by atoms with Crippen molar-refractivity contribution < 1.29 is 14.0 Å². The number of amides is 2. The Morgan fingerprint density at radius 3 is 2.53 bits per heavy atom. The smallest absolute Gasteiger partial charge is 0.349 e. The van der Waals surface area contributed by atoms with Crippen LogP contribution in [0.5, 0.6) is 0 Å². The van der Waals surface area contributed by atoms with Gasteiger partial charge in [-0.15, -0.1) is 0 Å². The summed E-state index contributed by atoms with van der Waals surface area (Å²) in [5.41, 5.74) is 2.72. The van der Waals surface area contributed by atoms with Crippen molar-refractivity contribution in [3.8, 4) is 0 Å². The van der Waals surface area contributed by atoms with Crippen LogP contribution in [-0.2, 0) is 6.42 Å². The number of nitrogens with zero attached hydrogens (tertiary/aromatic N) is 1. The molecule has 0 saturated carbocycles. The van der Waals surface area contributed by atoms with Gasteiger partial charge in [-0.25, -0.2) is 4.79 Å². The van der Waals surface area contributed by atoms with Gasteiger partial charge in [0.15, 0.2) is 0 Å². The summed E-state index contributed by atoms with van der Waals surface area (Å²) in [7, 11) is 0. The summed E-state index contributed by atoms with van der Waals surface area (Å²) >= 11 is 0. The van der Waals surface area contributed by atoms with Gasteiger partial charge in [-0.2, -0.15) is 0 Å². The zero-order valence-electron chi connectivity index (χ0n) is 17.2. The lowest BCUT2D eigenvalue weighted by Crippen LogP contribution is -2.35. The molecule has 0 saturated heterocycles. The van der Waals surface area contributed by atoms with Crippen LogP contribution in [-0.4, -0.2) is 18.4 Å². The fraction of sp³-hybridized carbons (Fsp3) is 0.115. The van der Waals surface area contributed by atoms with E-state index in [0.29, 0.717) is 28.8 Å². The molecule has 0 fully saturated rings. The Balaban J connectivity index is 1.41. The van der Waals surface area contributed by atoms with Gasteiger partial charge in [0, 0.05) is 28.9 Å². The minimum atomic E-state index is -0.682. The second kappa shape index (κ2) is 8.15. The Labute approximate surface area is 184 Å². The molecule has 1 aliphatic rings. The average molecular weight is 424 g/mol. The van der Waals surface area contributed by atoms with E-state index in [1.54, 1.807) is 41.3 Å². The number of aryl methyl sites for hydroxylation is 1. The van der Waals surface area contributed by atoms with Crippen LogP contribution in [0.3, 0.4) is 0 Å². The topological polar surface area (TPSA) is 79.6 Å². The third-order valence-electron chi connectivity index (χ3n) is 5.61. The molecule has 158 valence electrons. The van der Waals surface area contributed by atoms with E-state index >= 15 is 0 Å². The number of nitrogens with one attached hydrogen (secondary N) is 1. The second-order valence-corrected chi connectivity index (χ2v) is 7.71. The maximum atomic E-state index is 13.0. The Hall–Kier alpha value is -4.19. The van der Waals surface area contributed by atoms with E-state index in [2.05, 4.69) is 5.32 Å². The van der Waals surface area contributed by atoms with Crippen molar-refractivity contribution in [2.45, 2.75) is 12.8 Å². The standard InChI is InChI=1S/C26H20N2O4/c29-24(21-16-19-9-4-5-11-23(19)32-26(21)31)27-20-12-13-22-18(15-20)10-6-14-28(22)25(30)17-7-2-1-3-8-17/h1-5,7-9,11-13,15-16H,6,10,14H2,(H,27,29). The third-order valence-corrected chi connectivity index (χ3v) is 5.61. The molecule has 6 nitrogen and oxygen atoms in total. The number of benzene rings is 3. The lowest BCUT2D eigenvalue weighted by Gasteiger charge is -2.30. The van der Waals surface area contributed by atoms with Gasteiger partial charge in [-0.3, -0.25) is 9.59 Å². The summed E-state index contributed by atoms with van der Waals surface area (Å²) in [6.45, 7) is 0.643. The van der Waals surface area contributed by atoms with Crippen molar-refractivity contribution >= 4 is 34.2 Å². The average Bonchev–Trinajstić information content (AvgIpc) is 2.83. The minimum Gasteiger partial charge on any atom is -0.422 e. The minimum absolute atomic E-state index is 0.0443. The lowest BCUT2D eigenvalue weighted by atomic mass is 10.00. The van der Waals surface area contributed by atoms with Crippen LogP contribution >= 0.6 is 0 Å². The predicted molar refractivity (Wildman–Crippen MR) is 123 cm³/mol. The summed E-state index contributed by atoms with van der Waals surface area (Å²) in [6.07, 6.45) is 1.63. The quantitative estimate of drug-likeness (QED) is 0.486. The van der Waals surface area contributed by atoms with E-state index in [1.807, 2.05) is 36.4 Å². The van der Waals surface area contributed by atoms with Gasteiger partial charge in [-0.05, 0) is 60.9 Å². The molecule has 0 unspecified atom stereocenters. The SMILES string of the molecule is O=C(Nc1ccc2c(c1)CCCN2C(=O)c1ccccc1)c1cc2ccccc2oc1=O. The highest BCUT2D eigenvalue weighted by molar-refractivity contribution is 6.08. The summed E-state index contributed by atoms with van der Waals surface area (Å²) < 4.78 is 5.26. The maximum absolute atomic E-state index is 13.0. The number of anilines is 2. The van der Waals surface area contributed by atoms with Crippen LogP contribution in [0.15, 0.2) is 88.1 Å². The largest absolute Gasteiger partial charge is 0.422 e. The fourth-order valence-corrected chi connectivity index (χ4v) is 4.04. The van der Waals surface area contributed by atoms with Gasteiger partial charge in [0.1, 0.15) is 11.1 Å². The molecule has 0 atom stereocenters. The van der Waals surface area contributed by atoms with Gasteiger partial charge in [-0.1, -0.05) is 36.4 Å². The molecule has 5 rings (SSSR count). The van der Waals surface area contributed by atoms with Crippen molar-refractivity contribution in [1.82, 2.24) is 0 Å². The molecule has 1 aromatic heterocycles. The van der Waals surface area contributed by atoms with E-state index in [9.17, 15) is 14.4 Å². The Morgan fingerprint density at radius 1 is 0.906 bits per heavy atom. The molecule has 32 heavy (non-hydrogen) atoms. The first-order valence-electron chi connectivity index (χ1n) is 10.4. The van der Waals surface area contributed by atoms with E-state index in [4.69, 9.17) is 4.42 Å². The Morgan fingerprint density at radius 2 is 1.69 bits per heavy atom. The number of rotatable bonds is 3. The molecule has 1 N–H and O–H groups in total. The molecule has 1 aliphatic heterocycles. The number of hydrogen-bond donors (Lipinski definition) is 1. The second-order valence-electron chi connectivity index (χ2n) is 7.71. The van der Waals surface area contributed by atoms with Crippen LogP contribution in [0.2, 0.25) is 0 Å². The van der Waals surface area contributed by atoms with Gasteiger partial charge >= 0.3 is 5.63 Å². The van der Waals surface area contributed by atoms with E-state index in [1.165, 1.54) is 6.07 Å². The third kappa shape index (κ3) is 3.67. The molecule has 0 spiro atoms. The highest BCUT2D eigenvalue weighted by atomic mass is 16.4. The van der Waals surface area contributed by atoms with Crippen LogP contribution < -0.4 is 15.8 Å². The van der Waals surface area contributed by atoms with Crippen molar-refractivity contribution in [3.63, 3.8) is 0 Å². The zero-order valence-corrected chi connectivity index (χ0v) is 17.2. The Bertz CT molecular complexity index is 1390. The molecular weight excluding hydrogens is 404 g/mol. The number of para-hydroxylation sites is 1. The molecule has 0 aliphatic carbocycles. The molecule has 6 heteroatoms.